The third kappa shape index (κ3) is 2.87. The molecule has 25 heavy (non-hydrogen) atoms. The molecule has 0 N–H and O–H groups in total. The molecule has 0 bridgehead atoms. The summed E-state index contributed by atoms with van der Waals surface area (Å²) < 4.78 is 0. The number of halogens is 1. The van der Waals surface area contributed by atoms with Crippen LogP contribution in [-0.4, -0.2) is 32.5 Å². The van der Waals surface area contributed by atoms with E-state index in [-0.39, 0.29) is 17.8 Å². The molecule has 1 aliphatic rings. The number of aromatic nitrogens is 2. The van der Waals surface area contributed by atoms with E-state index in [0.29, 0.717) is 6.42 Å². The van der Waals surface area contributed by atoms with Crippen molar-refractivity contribution in [2.75, 3.05) is 5.88 Å². The van der Waals surface area contributed by atoms with E-state index < -0.39 is 0 Å². The van der Waals surface area contributed by atoms with E-state index in [4.69, 9.17) is 11.6 Å². The summed E-state index contributed by atoms with van der Waals surface area (Å²) in [6.07, 6.45) is 3.93. The fourth-order valence-electron chi connectivity index (χ4n) is 3.13. The van der Waals surface area contributed by atoms with E-state index in [2.05, 4.69) is 15.1 Å². The first-order valence-electron chi connectivity index (χ1n) is 7.98. The minimum Gasteiger partial charge on any atom is -0.272 e. The first-order chi connectivity index (χ1) is 12.3. The third-order valence-electron chi connectivity index (χ3n) is 4.28. The van der Waals surface area contributed by atoms with E-state index in [9.17, 15) is 4.79 Å². The number of benzene rings is 2. The molecule has 1 unspecified atom stereocenters. The van der Waals surface area contributed by atoms with Crippen LogP contribution in [0.4, 0.5) is 0 Å². The average molecular weight is 351 g/mol. The van der Waals surface area contributed by atoms with Crippen LogP contribution in [-0.2, 0) is 4.79 Å². The number of carbonyl (C=O) groups excluding carboxylic acids is 1. The summed E-state index contributed by atoms with van der Waals surface area (Å²) in [5.74, 6) is -0.336. The van der Waals surface area contributed by atoms with Gasteiger partial charge in [0.25, 0.3) is 5.91 Å². The zero-order chi connectivity index (χ0) is 17.2. The molecule has 0 saturated carbocycles. The van der Waals surface area contributed by atoms with Gasteiger partial charge in [0.2, 0.25) is 0 Å². The summed E-state index contributed by atoms with van der Waals surface area (Å²) in [5, 5.41) is 6.05. The maximum Gasteiger partial charge on any atom is 0.258 e. The Labute approximate surface area is 150 Å². The van der Waals surface area contributed by atoms with Gasteiger partial charge in [-0.25, -0.2) is 5.01 Å². The van der Waals surface area contributed by atoms with Crippen LogP contribution >= 0.6 is 11.6 Å². The second-order valence-electron chi connectivity index (χ2n) is 5.78. The van der Waals surface area contributed by atoms with Gasteiger partial charge >= 0.3 is 0 Å². The van der Waals surface area contributed by atoms with Gasteiger partial charge < -0.3 is 0 Å². The molecule has 5 nitrogen and oxygen atoms in total. The second-order valence-corrected chi connectivity index (χ2v) is 6.04. The predicted octanol–water partition coefficient (Wildman–Crippen LogP) is 3.55. The fraction of sp³-hybridized carbons (Fsp3) is 0.158. The first kappa shape index (κ1) is 15.7. The molecule has 2 heterocycles. The molecule has 0 saturated heterocycles. The van der Waals surface area contributed by atoms with Crippen LogP contribution in [0.25, 0.3) is 11.0 Å². The molecule has 0 radical (unpaired) electrons. The largest absolute Gasteiger partial charge is 0.272 e. The number of alkyl halides is 1. The van der Waals surface area contributed by atoms with Gasteiger partial charge in [-0.15, -0.1) is 11.6 Å². The van der Waals surface area contributed by atoms with Crippen LogP contribution in [0.5, 0.6) is 0 Å². The molecule has 0 spiro atoms. The van der Waals surface area contributed by atoms with Crippen LogP contribution in [0.2, 0.25) is 0 Å². The number of hydrogen-bond acceptors (Lipinski definition) is 4. The van der Waals surface area contributed by atoms with Gasteiger partial charge in [-0.2, -0.15) is 5.10 Å². The Balaban J connectivity index is 1.79. The molecule has 0 fully saturated rings. The zero-order valence-electron chi connectivity index (χ0n) is 13.3. The van der Waals surface area contributed by atoms with Crippen LogP contribution in [0.3, 0.4) is 0 Å². The number of nitrogens with zero attached hydrogens (tertiary/aromatic N) is 4. The molecule has 124 valence electrons. The van der Waals surface area contributed by atoms with Gasteiger partial charge in [0.15, 0.2) is 0 Å². The number of fused-ring (bicyclic) bond motifs is 1. The molecule has 6 heteroatoms. The number of para-hydroxylation sites is 1. The van der Waals surface area contributed by atoms with Crippen LogP contribution < -0.4 is 0 Å². The van der Waals surface area contributed by atoms with Gasteiger partial charge in [0.05, 0.1) is 22.8 Å². The topological polar surface area (TPSA) is 58.5 Å². The minimum atomic E-state index is -0.234. The molecule has 1 amide bonds. The number of rotatable bonds is 3. The van der Waals surface area contributed by atoms with E-state index >= 15 is 0 Å². The maximum atomic E-state index is 12.4. The van der Waals surface area contributed by atoms with E-state index in [0.717, 1.165) is 27.9 Å². The van der Waals surface area contributed by atoms with Crippen molar-refractivity contribution in [1.29, 1.82) is 0 Å². The van der Waals surface area contributed by atoms with Crippen molar-refractivity contribution < 1.29 is 4.79 Å². The molecule has 4 rings (SSSR count). The van der Waals surface area contributed by atoms with E-state index in [1.54, 1.807) is 12.4 Å². The molecule has 1 atom stereocenters. The first-order valence-corrected chi connectivity index (χ1v) is 8.52. The zero-order valence-corrected chi connectivity index (χ0v) is 14.1. The third-order valence-corrected chi connectivity index (χ3v) is 4.50. The lowest BCUT2D eigenvalue weighted by molar-refractivity contribution is -0.130. The monoisotopic (exact) mass is 350 g/mol. The molecule has 1 aromatic heterocycles. The van der Waals surface area contributed by atoms with Crippen LogP contribution in [0, 0.1) is 0 Å². The highest BCUT2D eigenvalue weighted by Crippen LogP contribution is 2.35. The Bertz CT molecular complexity index is 953. The smallest absolute Gasteiger partial charge is 0.258 e. The number of hydrogen-bond donors (Lipinski definition) is 0. The number of amides is 1. The van der Waals surface area contributed by atoms with Crippen molar-refractivity contribution in [3.63, 3.8) is 0 Å². The Morgan fingerprint density at radius 3 is 2.68 bits per heavy atom. The quantitative estimate of drug-likeness (QED) is 0.679. The number of hydrazone groups is 1. The highest BCUT2D eigenvalue weighted by atomic mass is 35.5. The van der Waals surface area contributed by atoms with Gasteiger partial charge in [0, 0.05) is 24.4 Å². The van der Waals surface area contributed by atoms with Crippen molar-refractivity contribution in [3.05, 3.63) is 72.1 Å². The summed E-state index contributed by atoms with van der Waals surface area (Å²) in [5.41, 5.74) is 4.38. The van der Waals surface area contributed by atoms with Gasteiger partial charge in [-0.3, -0.25) is 14.8 Å². The molecule has 3 aromatic rings. The van der Waals surface area contributed by atoms with Crippen LogP contribution in [0.1, 0.15) is 23.6 Å². The Kier molecular flexibility index (Phi) is 4.15. The number of carbonyl (C=O) groups is 1. The molecule has 1 aliphatic heterocycles. The highest BCUT2D eigenvalue weighted by molar-refractivity contribution is 6.27. The maximum absolute atomic E-state index is 12.4. The van der Waals surface area contributed by atoms with Crippen molar-refractivity contribution >= 4 is 34.3 Å². The normalized spacial score (nSPS) is 16.9. The summed E-state index contributed by atoms with van der Waals surface area (Å²) in [7, 11) is 0. The molecule has 2 aromatic carbocycles. The lowest BCUT2D eigenvalue weighted by Gasteiger charge is -2.21. The molecular formula is C19H15ClN4O. The van der Waals surface area contributed by atoms with Crippen molar-refractivity contribution in [2.45, 2.75) is 12.5 Å². The predicted molar refractivity (Wildman–Crippen MR) is 97.4 cm³/mol. The van der Waals surface area contributed by atoms with Crippen LogP contribution in [0.15, 0.2) is 66.0 Å². The Morgan fingerprint density at radius 1 is 1.08 bits per heavy atom. The second kappa shape index (κ2) is 6.61. The van der Waals surface area contributed by atoms with Crippen molar-refractivity contribution in [2.24, 2.45) is 5.10 Å². The van der Waals surface area contributed by atoms with Gasteiger partial charge in [0.1, 0.15) is 5.88 Å². The standard InChI is InChI=1S/C19H15ClN4O/c20-12-18(25)24-17(11-16(23-24)13-5-2-1-3-6-13)14-7-4-8-15-19(14)22-10-9-21-15/h1-10,17H,11-12H2. The average Bonchev–Trinajstić information content (AvgIpc) is 3.13. The fourth-order valence-corrected chi connectivity index (χ4v) is 3.26. The highest BCUT2D eigenvalue weighted by Gasteiger charge is 2.33. The SMILES string of the molecule is O=C(CCl)N1N=C(c2ccccc2)CC1c1cccc2nccnc12. The lowest BCUT2D eigenvalue weighted by atomic mass is 9.97. The summed E-state index contributed by atoms with van der Waals surface area (Å²) >= 11 is 5.81. The summed E-state index contributed by atoms with van der Waals surface area (Å²) in [6.45, 7) is 0. The van der Waals surface area contributed by atoms with Gasteiger partial charge in [-0.1, -0.05) is 42.5 Å². The van der Waals surface area contributed by atoms with Crippen molar-refractivity contribution in [1.82, 2.24) is 15.0 Å². The lowest BCUT2D eigenvalue weighted by Crippen LogP contribution is -2.28. The van der Waals surface area contributed by atoms with E-state index in [1.165, 1.54) is 5.01 Å². The minimum absolute atomic E-state index is 0.113. The molecular weight excluding hydrogens is 336 g/mol. The van der Waals surface area contributed by atoms with E-state index in [1.807, 2.05) is 48.5 Å². The van der Waals surface area contributed by atoms with Gasteiger partial charge in [-0.05, 0) is 11.6 Å². The summed E-state index contributed by atoms with van der Waals surface area (Å²) in [4.78, 5) is 21.2. The Morgan fingerprint density at radius 2 is 1.88 bits per heavy atom. The van der Waals surface area contributed by atoms with Crippen molar-refractivity contribution in [3.8, 4) is 0 Å². The summed E-state index contributed by atoms with van der Waals surface area (Å²) in [6, 6.07) is 15.4. The molecule has 0 aliphatic carbocycles. The Hall–Kier alpha value is -2.79.